The van der Waals surface area contributed by atoms with E-state index in [1.165, 1.54) is 37.9 Å². The van der Waals surface area contributed by atoms with Crippen LogP contribution in [0.15, 0.2) is 28.7 Å². The Morgan fingerprint density at radius 3 is 2.67 bits per heavy atom. The highest BCUT2D eigenvalue weighted by atomic mass is 79.9. The van der Waals surface area contributed by atoms with Crippen LogP contribution in [-0.2, 0) is 0 Å². The molecule has 0 spiro atoms. The van der Waals surface area contributed by atoms with Gasteiger partial charge in [-0.2, -0.15) is 0 Å². The molecule has 0 amide bonds. The van der Waals surface area contributed by atoms with Crippen molar-refractivity contribution in [1.82, 2.24) is 10.2 Å². The fourth-order valence-electron chi connectivity index (χ4n) is 2.79. The van der Waals surface area contributed by atoms with Gasteiger partial charge in [0.1, 0.15) is 0 Å². The Morgan fingerprint density at radius 1 is 1.39 bits per heavy atom. The second-order valence-corrected chi connectivity index (χ2v) is 6.12. The van der Waals surface area contributed by atoms with Crippen LogP contribution in [0.3, 0.4) is 0 Å². The maximum Gasteiger partial charge on any atom is 0.0329 e. The second-order valence-electron chi connectivity index (χ2n) is 5.21. The highest BCUT2D eigenvalue weighted by Crippen LogP contribution is 2.22. The van der Waals surface area contributed by atoms with Crippen LogP contribution in [0.5, 0.6) is 0 Å². The van der Waals surface area contributed by atoms with E-state index in [-0.39, 0.29) is 0 Å². The van der Waals surface area contributed by atoms with E-state index in [0.717, 1.165) is 10.5 Å². The van der Waals surface area contributed by atoms with Crippen molar-refractivity contribution in [3.63, 3.8) is 0 Å². The van der Waals surface area contributed by atoms with Gasteiger partial charge in [0.15, 0.2) is 0 Å². The fourth-order valence-corrected chi connectivity index (χ4v) is 3.06. The van der Waals surface area contributed by atoms with E-state index in [0.29, 0.717) is 6.04 Å². The Balaban J connectivity index is 1.91. The van der Waals surface area contributed by atoms with Crippen molar-refractivity contribution in [1.29, 1.82) is 0 Å². The summed E-state index contributed by atoms with van der Waals surface area (Å²) in [6.45, 7) is 4.82. The van der Waals surface area contributed by atoms with Gasteiger partial charge in [0.2, 0.25) is 0 Å². The predicted molar refractivity (Wildman–Crippen MR) is 80.8 cm³/mol. The van der Waals surface area contributed by atoms with Gasteiger partial charge in [-0.15, -0.1) is 0 Å². The Labute approximate surface area is 119 Å². The van der Waals surface area contributed by atoms with Crippen molar-refractivity contribution in [2.75, 3.05) is 20.1 Å². The SMILES string of the molecule is CNC(CCN1CCCC1C)c1ccc(Br)cc1. The maximum absolute atomic E-state index is 3.49. The van der Waals surface area contributed by atoms with Crippen LogP contribution in [0.4, 0.5) is 0 Å². The molecule has 1 N–H and O–H groups in total. The quantitative estimate of drug-likeness (QED) is 0.894. The highest BCUT2D eigenvalue weighted by molar-refractivity contribution is 9.10. The van der Waals surface area contributed by atoms with Crippen molar-refractivity contribution in [3.8, 4) is 0 Å². The molecule has 1 aliphatic heterocycles. The van der Waals surface area contributed by atoms with E-state index < -0.39 is 0 Å². The van der Waals surface area contributed by atoms with E-state index in [4.69, 9.17) is 0 Å². The van der Waals surface area contributed by atoms with Gasteiger partial charge in [0.25, 0.3) is 0 Å². The molecule has 2 atom stereocenters. The van der Waals surface area contributed by atoms with Crippen LogP contribution in [0.25, 0.3) is 0 Å². The third-order valence-electron chi connectivity index (χ3n) is 4.02. The average Bonchev–Trinajstić information content (AvgIpc) is 2.78. The molecule has 2 rings (SSSR count). The Hall–Kier alpha value is -0.380. The summed E-state index contributed by atoms with van der Waals surface area (Å²) < 4.78 is 1.15. The molecule has 100 valence electrons. The molecule has 3 heteroatoms. The van der Waals surface area contributed by atoms with Crippen LogP contribution in [-0.4, -0.2) is 31.1 Å². The van der Waals surface area contributed by atoms with Gasteiger partial charge in [0, 0.05) is 23.1 Å². The van der Waals surface area contributed by atoms with E-state index in [1.807, 2.05) is 0 Å². The van der Waals surface area contributed by atoms with Gasteiger partial charge in [-0.1, -0.05) is 28.1 Å². The molecule has 1 aromatic rings. The third-order valence-corrected chi connectivity index (χ3v) is 4.55. The normalized spacial score (nSPS) is 22.3. The van der Waals surface area contributed by atoms with Crippen molar-refractivity contribution >= 4 is 15.9 Å². The molecular weight excluding hydrogens is 288 g/mol. The highest BCUT2D eigenvalue weighted by Gasteiger charge is 2.21. The van der Waals surface area contributed by atoms with E-state index in [2.05, 4.69) is 64.4 Å². The minimum Gasteiger partial charge on any atom is -0.313 e. The number of nitrogens with zero attached hydrogens (tertiary/aromatic N) is 1. The minimum atomic E-state index is 0.464. The van der Waals surface area contributed by atoms with Crippen molar-refractivity contribution in [2.45, 2.75) is 38.3 Å². The summed E-state index contributed by atoms with van der Waals surface area (Å²) in [5, 5.41) is 3.43. The minimum absolute atomic E-state index is 0.464. The molecular formula is C15H23BrN2. The zero-order valence-electron chi connectivity index (χ0n) is 11.3. The predicted octanol–water partition coefficient (Wildman–Crippen LogP) is 3.58. The summed E-state index contributed by atoms with van der Waals surface area (Å²) in [6.07, 6.45) is 3.91. The molecule has 2 nitrogen and oxygen atoms in total. The number of likely N-dealkylation sites (tertiary alicyclic amines) is 1. The van der Waals surface area contributed by atoms with E-state index >= 15 is 0 Å². The van der Waals surface area contributed by atoms with Crippen molar-refractivity contribution < 1.29 is 0 Å². The largest absolute Gasteiger partial charge is 0.313 e. The topological polar surface area (TPSA) is 15.3 Å². The first-order chi connectivity index (χ1) is 8.70. The molecule has 0 saturated carbocycles. The molecule has 2 unspecified atom stereocenters. The summed E-state index contributed by atoms with van der Waals surface area (Å²) in [7, 11) is 2.06. The van der Waals surface area contributed by atoms with Crippen LogP contribution in [0, 0.1) is 0 Å². The molecule has 1 aliphatic rings. The summed E-state index contributed by atoms with van der Waals surface area (Å²) in [4.78, 5) is 2.61. The standard InChI is InChI=1S/C15H23BrN2/c1-12-4-3-10-18(12)11-9-15(17-2)13-5-7-14(16)8-6-13/h5-8,12,15,17H,3-4,9-11H2,1-2H3. The van der Waals surface area contributed by atoms with Crippen LogP contribution >= 0.6 is 15.9 Å². The zero-order chi connectivity index (χ0) is 13.0. The first-order valence-corrected chi connectivity index (χ1v) is 7.67. The molecule has 1 fully saturated rings. The van der Waals surface area contributed by atoms with E-state index in [9.17, 15) is 0 Å². The summed E-state index contributed by atoms with van der Waals surface area (Å²) in [6, 6.07) is 9.89. The molecule has 18 heavy (non-hydrogen) atoms. The van der Waals surface area contributed by atoms with Gasteiger partial charge >= 0.3 is 0 Å². The van der Waals surface area contributed by atoms with Crippen molar-refractivity contribution in [3.05, 3.63) is 34.3 Å². The molecule has 1 saturated heterocycles. The van der Waals surface area contributed by atoms with Crippen LogP contribution in [0.2, 0.25) is 0 Å². The summed E-state index contributed by atoms with van der Waals surface area (Å²) >= 11 is 3.49. The van der Waals surface area contributed by atoms with Crippen LogP contribution < -0.4 is 5.32 Å². The van der Waals surface area contributed by atoms with Gasteiger partial charge in [0.05, 0.1) is 0 Å². The molecule has 0 aliphatic carbocycles. The first kappa shape index (κ1) is 14.0. The Morgan fingerprint density at radius 2 is 2.11 bits per heavy atom. The molecule has 0 radical (unpaired) electrons. The van der Waals surface area contributed by atoms with Gasteiger partial charge in [-0.25, -0.2) is 0 Å². The lowest BCUT2D eigenvalue weighted by molar-refractivity contribution is 0.253. The number of benzene rings is 1. The molecule has 0 bridgehead atoms. The fraction of sp³-hybridized carbons (Fsp3) is 0.600. The molecule has 1 aromatic carbocycles. The number of hydrogen-bond donors (Lipinski definition) is 1. The maximum atomic E-state index is 3.49. The molecule has 0 aromatic heterocycles. The van der Waals surface area contributed by atoms with Gasteiger partial charge in [-0.05, 0) is 57.5 Å². The Kier molecular flexibility index (Phi) is 5.22. The number of rotatable bonds is 5. The number of nitrogens with one attached hydrogen (secondary N) is 1. The lowest BCUT2D eigenvalue weighted by Gasteiger charge is -2.24. The average molecular weight is 311 g/mol. The van der Waals surface area contributed by atoms with Crippen molar-refractivity contribution in [2.24, 2.45) is 0 Å². The first-order valence-electron chi connectivity index (χ1n) is 6.87. The monoisotopic (exact) mass is 310 g/mol. The summed E-state index contributed by atoms with van der Waals surface area (Å²) in [5.74, 6) is 0. The number of halogens is 1. The third kappa shape index (κ3) is 3.56. The van der Waals surface area contributed by atoms with E-state index in [1.54, 1.807) is 0 Å². The molecule has 1 heterocycles. The van der Waals surface area contributed by atoms with Gasteiger partial charge < -0.3 is 10.2 Å². The van der Waals surface area contributed by atoms with Crippen LogP contribution in [0.1, 0.15) is 37.8 Å². The van der Waals surface area contributed by atoms with Gasteiger partial charge in [-0.3, -0.25) is 0 Å². The summed E-state index contributed by atoms with van der Waals surface area (Å²) in [5.41, 5.74) is 1.38. The second kappa shape index (κ2) is 6.69. The zero-order valence-corrected chi connectivity index (χ0v) is 12.9. The smallest absolute Gasteiger partial charge is 0.0329 e. The Bertz CT molecular complexity index is 363. The lowest BCUT2D eigenvalue weighted by Crippen LogP contribution is -2.30. The lowest BCUT2D eigenvalue weighted by atomic mass is 10.0. The number of hydrogen-bond acceptors (Lipinski definition) is 2.